The molecule has 1 aliphatic rings. The zero-order chi connectivity index (χ0) is 13.9. The van der Waals surface area contributed by atoms with Crippen LogP contribution in [0.3, 0.4) is 0 Å². The molecule has 0 saturated carbocycles. The molecule has 1 heterocycles. The molecular formula is C17H28N2. The highest BCUT2D eigenvalue weighted by Gasteiger charge is 2.16. The fourth-order valence-electron chi connectivity index (χ4n) is 2.61. The number of hydrogen-bond donors (Lipinski definition) is 1. The van der Waals surface area contributed by atoms with Gasteiger partial charge in [-0.15, -0.1) is 0 Å². The first-order chi connectivity index (χ1) is 8.97. The van der Waals surface area contributed by atoms with E-state index in [1.165, 1.54) is 36.2 Å². The lowest BCUT2D eigenvalue weighted by Crippen LogP contribution is -2.28. The number of nitrogens with one attached hydrogen (secondary N) is 1. The molecule has 1 aromatic rings. The molecule has 19 heavy (non-hydrogen) atoms. The van der Waals surface area contributed by atoms with Crippen LogP contribution in [-0.2, 0) is 12.0 Å². The number of hydrogen-bond acceptors (Lipinski definition) is 2. The average molecular weight is 260 g/mol. The van der Waals surface area contributed by atoms with Gasteiger partial charge in [-0.2, -0.15) is 0 Å². The number of benzene rings is 1. The molecule has 1 aliphatic heterocycles. The molecule has 0 spiro atoms. The van der Waals surface area contributed by atoms with E-state index in [1.54, 1.807) is 0 Å². The Morgan fingerprint density at radius 1 is 1.16 bits per heavy atom. The van der Waals surface area contributed by atoms with Crippen molar-refractivity contribution in [3.05, 3.63) is 34.9 Å². The van der Waals surface area contributed by atoms with Crippen LogP contribution in [0.25, 0.3) is 0 Å². The summed E-state index contributed by atoms with van der Waals surface area (Å²) < 4.78 is 0. The molecule has 0 bridgehead atoms. The summed E-state index contributed by atoms with van der Waals surface area (Å²) in [6.07, 6.45) is 1.26. The third kappa shape index (κ3) is 4.05. The molecule has 0 aliphatic carbocycles. The highest BCUT2D eigenvalue weighted by atomic mass is 15.1. The number of aryl methyl sites for hydroxylation is 1. The predicted octanol–water partition coefficient (Wildman–Crippen LogP) is 3.09. The van der Waals surface area contributed by atoms with Gasteiger partial charge in [0.2, 0.25) is 0 Å². The summed E-state index contributed by atoms with van der Waals surface area (Å²) in [6.45, 7) is 14.9. The fraction of sp³-hybridized carbons (Fsp3) is 0.647. The van der Waals surface area contributed by atoms with E-state index >= 15 is 0 Å². The van der Waals surface area contributed by atoms with E-state index in [-0.39, 0.29) is 5.41 Å². The first kappa shape index (κ1) is 14.5. The van der Waals surface area contributed by atoms with Gasteiger partial charge in [0.1, 0.15) is 0 Å². The maximum absolute atomic E-state index is 3.47. The van der Waals surface area contributed by atoms with Gasteiger partial charge in [0.15, 0.2) is 0 Å². The standard InChI is InChI=1S/C17H28N2/c1-14-6-7-16(17(2,3)4)12-15(14)13-19-10-5-8-18-9-11-19/h6-7,12,18H,5,8-11,13H2,1-4H3. The monoisotopic (exact) mass is 260 g/mol. The first-order valence-corrected chi connectivity index (χ1v) is 7.50. The molecular weight excluding hydrogens is 232 g/mol. The van der Waals surface area contributed by atoms with Crippen molar-refractivity contribution >= 4 is 0 Å². The van der Waals surface area contributed by atoms with Crippen LogP contribution in [0.5, 0.6) is 0 Å². The van der Waals surface area contributed by atoms with Crippen molar-refractivity contribution in [1.29, 1.82) is 0 Å². The lowest BCUT2D eigenvalue weighted by molar-refractivity contribution is 0.283. The van der Waals surface area contributed by atoms with Crippen molar-refractivity contribution in [2.45, 2.75) is 46.1 Å². The quantitative estimate of drug-likeness (QED) is 0.879. The van der Waals surface area contributed by atoms with Crippen molar-refractivity contribution in [2.24, 2.45) is 0 Å². The smallest absolute Gasteiger partial charge is 0.0237 e. The predicted molar refractivity (Wildman–Crippen MR) is 82.6 cm³/mol. The van der Waals surface area contributed by atoms with Gasteiger partial charge in [-0.1, -0.05) is 39.0 Å². The van der Waals surface area contributed by atoms with Crippen LogP contribution in [0.1, 0.15) is 43.9 Å². The van der Waals surface area contributed by atoms with Gasteiger partial charge >= 0.3 is 0 Å². The van der Waals surface area contributed by atoms with Gasteiger partial charge in [0.25, 0.3) is 0 Å². The normalized spacial score (nSPS) is 18.3. The Balaban J connectivity index is 2.14. The maximum Gasteiger partial charge on any atom is 0.0237 e. The Morgan fingerprint density at radius 3 is 2.68 bits per heavy atom. The molecule has 0 aromatic heterocycles. The van der Waals surface area contributed by atoms with Gasteiger partial charge < -0.3 is 5.32 Å². The minimum Gasteiger partial charge on any atom is -0.315 e. The van der Waals surface area contributed by atoms with Crippen molar-refractivity contribution in [1.82, 2.24) is 10.2 Å². The lowest BCUT2D eigenvalue weighted by Gasteiger charge is -2.24. The van der Waals surface area contributed by atoms with E-state index in [0.29, 0.717) is 0 Å². The first-order valence-electron chi connectivity index (χ1n) is 7.50. The highest BCUT2D eigenvalue weighted by molar-refractivity contribution is 5.34. The molecule has 1 aromatic carbocycles. The highest BCUT2D eigenvalue weighted by Crippen LogP contribution is 2.25. The molecule has 0 unspecified atom stereocenters. The van der Waals surface area contributed by atoms with Gasteiger partial charge in [-0.05, 0) is 48.5 Å². The van der Waals surface area contributed by atoms with Crippen molar-refractivity contribution in [3.8, 4) is 0 Å². The summed E-state index contributed by atoms with van der Waals surface area (Å²) in [5.41, 5.74) is 4.60. The molecule has 0 radical (unpaired) electrons. The minimum absolute atomic E-state index is 0.239. The van der Waals surface area contributed by atoms with E-state index in [0.717, 1.165) is 19.6 Å². The second-order valence-electron chi connectivity index (χ2n) is 6.77. The number of nitrogens with zero attached hydrogens (tertiary/aromatic N) is 1. The molecule has 2 rings (SSSR count). The Hall–Kier alpha value is -0.860. The minimum atomic E-state index is 0.239. The van der Waals surface area contributed by atoms with E-state index in [2.05, 4.69) is 56.1 Å². The van der Waals surface area contributed by atoms with Crippen molar-refractivity contribution in [2.75, 3.05) is 26.2 Å². The SMILES string of the molecule is Cc1ccc(C(C)(C)C)cc1CN1CCCNCC1. The molecule has 106 valence electrons. The molecule has 2 nitrogen and oxygen atoms in total. The summed E-state index contributed by atoms with van der Waals surface area (Å²) in [7, 11) is 0. The van der Waals surface area contributed by atoms with Gasteiger partial charge in [0, 0.05) is 19.6 Å². The topological polar surface area (TPSA) is 15.3 Å². The van der Waals surface area contributed by atoms with E-state index in [1.807, 2.05) is 0 Å². The zero-order valence-corrected chi connectivity index (χ0v) is 12.9. The third-order valence-electron chi connectivity index (χ3n) is 4.04. The summed E-state index contributed by atoms with van der Waals surface area (Å²) in [5.74, 6) is 0. The second-order valence-corrected chi connectivity index (χ2v) is 6.77. The molecule has 1 N–H and O–H groups in total. The van der Waals surface area contributed by atoms with Gasteiger partial charge in [0.05, 0.1) is 0 Å². The Labute approximate surface area is 118 Å². The lowest BCUT2D eigenvalue weighted by atomic mass is 9.85. The van der Waals surface area contributed by atoms with Crippen LogP contribution in [-0.4, -0.2) is 31.1 Å². The van der Waals surface area contributed by atoms with E-state index in [9.17, 15) is 0 Å². The Kier molecular flexibility index (Phi) is 4.64. The molecule has 1 fully saturated rings. The number of rotatable bonds is 2. The van der Waals surface area contributed by atoms with Crippen molar-refractivity contribution in [3.63, 3.8) is 0 Å². The maximum atomic E-state index is 3.47. The fourth-order valence-corrected chi connectivity index (χ4v) is 2.61. The summed E-state index contributed by atoms with van der Waals surface area (Å²) in [4.78, 5) is 2.58. The van der Waals surface area contributed by atoms with Crippen LogP contribution >= 0.6 is 0 Å². The molecule has 0 amide bonds. The van der Waals surface area contributed by atoms with Crippen LogP contribution < -0.4 is 5.32 Å². The summed E-state index contributed by atoms with van der Waals surface area (Å²) in [6, 6.07) is 6.97. The van der Waals surface area contributed by atoms with Crippen LogP contribution in [0.15, 0.2) is 18.2 Å². The second kappa shape index (κ2) is 6.06. The van der Waals surface area contributed by atoms with Crippen LogP contribution in [0, 0.1) is 6.92 Å². The summed E-state index contributed by atoms with van der Waals surface area (Å²) in [5, 5.41) is 3.47. The van der Waals surface area contributed by atoms with Gasteiger partial charge in [-0.3, -0.25) is 4.90 Å². The molecule has 0 atom stereocenters. The van der Waals surface area contributed by atoms with Crippen molar-refractivity contribution < 1.29 is 0 Å². The zero-order valence-electron chi connectivity index (χ0n) is 12.9. The summed E-state index contributed by atoms with van der Waals surface area (Å²) >= 11 is 0. The van der Waals surface area contributed by atoms with Crippen LogP contribution in [0.4, 0.5) is 0 Å². The Bertz CT molecular complexity index is 410. The largest absolute Gasteiger partial charge is 0.315 e. The van der Waals surface area contributed by atoms with Gasteiger partial charge in [-0.25, -0.2) is 0 Å². The van der Waals surface area contributed by atoms with Crippen LogP contribution in [0.2, 0.25) is 0 Å². The molecule has 2 heteroatoms. The van der Waals surface area contributed by atoms with E-state index in [4.69, 9.17) is 0 Å². The third-order valence-corrected chi connectivity index (χ3v) is 4.04. The Morgan fingerprint density at radius 2 is 1.95 bits per heavy atom. The molecule has 1 saturated heterocycles. The van der Waals surface area contributed by atoms with E-state index < -0.39 is 0 Å². The average Bonchev–Trinajstić information content (AvgIpc) is 2.59.